The second-order valence-electron chi connectivity index (χ2n) is 14.5. The molecule has 324 valence electrons. The number of nitrogens with two attached hydrogens (primary N) is 1. The molecule has 15 nitrogen and oxygen atoms in total. The molecule has 2 aromatic heterocycles. The summed E-state index contributed by atoms with van der Waals surface area (Å²) in [6.45, 7) is 1.17. The van der Waals surface area contributed by atoms with E-state index < -0.39 is 57.1 Å². The molecule has 0 spiro atoms. The Balaban J connectivity index is 1.47. The molecular formula is C40H61ClFN6O9P. The minimum absolute atomic E-state index is 0.0691. The molecule has 3 aromatic rings. The number of halogens is 2. The molecule has 0 aliphatic heterocycles. The van der Waals surface area contributed by atoms with Crippen LogP contribution in [0.4, 0.5) is 10.2 Å². The van der Waals surface area contributed by atoms with E-state index in [0.29, 0.717) is 12.1 Å². The van der Waals surface area contributed by atoms with Crippen LogP contribution >= 0.6 is 19.4 Å². The third-order valence-corrected chi connectivity index (χ3v) is 11.3. The van der Waals surface area contributed by atoms with Gasteiger partial charge >= 0.3 is 7.82 Å². The van der Waals surface area contributed by atoms with E-state index in [2.05, 4.69) is 17.0 Å². The van der Waals surface area contributed by atoms with Gasteiger partial charge in [-0.25, -0.2) is 18.5 Å². The number of ether oxygens (including phenoxy) is 2. The molecule has 0 radical (unpaired) electrons. The molecule has 1 aromatic carbocycles. The average Bonchev–Trinajstić information content (AvgIpc) is 3.65. The van der Waals surface area contributed by atoms with Gasteiger partial charge < -0.3 is 35.2 Å². The Kier molecular flexibility index (Phi) is 22.5. The van der Waals surface area contributed by atoms with Gasteiger partial charge in [0.05, 0.1) is 36.6 Å². The van der Waals surface area contributed by atoms with Crippen molar-refractivity contribution < 1.29 is 47.4 Å². The van der Waals surface area contributed by atoms with Gasteiger partial charge in [0.15, 0.2) is 11.9 Å². The number of carbonyl (C=O) groups excluding carboxylic acids is 1. The highest BCUT2D eigenvalue weighted by Crippen LogP contribution is 2.44. The van der Waals surface area contributed by atoms with Gasteiger partial charge in [-0.3, -0.25) is 13.8 Å². The number of phosphoric ester groups is 1. The number of anilines is 1. The Morgan fingerprint density at radius 2 is 1.53 bits per heavy atom. The number of hydrogen-bond acceptors (Lipinski definition) is 12. The van der Waals surface area contributed by atoms with E-state index in [1.54, 1.807) is 0 Å². The number of nitriles is 1. The molecule has 1 amide bonds. The van der Waals surface area contributed by atoms with E-state index in [0.717, 1.165) is 38.1 Å². The highest BCUT2D eigenvalue weighted by molar-refractivity contribution is 7.47. The van der Waals surface area contributed by atoms with Gasteiger partial charge in [0.25, 0.3) is 12.2 Å². The first kappa shape index (κ1) is 49.0. The Morgan fingerprint density at radius 1 is 0.948 bits per heavy atom. The smallest absolute Gasteiger partial charge is 0.419 e. The third-order valence-electron chi connectivity index (χ3n) is 10.0. The molecule has 0 fully saturated rings. The second kappa shape index (κ2) is 26.7. The number of nitrogens with zero attached hydrogens (tertiary/aromatic N) is 5. The number of fused-ring (bicyclic) bond motifs is 1. The lowest BCUT2D eigenvalue weighted by atomic mass is 10.0. The Bertz CT molecular complexity index is 1750. The van der Waals surface area contributed by atoms with Crippen molar-refractivity contribution in [3.05, 3.63) is 58.8 Å². The average molecular weight is 855 g/mol. The van der Waals surface area contributed by atoms with Gasteiger partial charge in [-0.05, 0) is 36.8 Å². The predicted octanol–water partition coefficient (Wildman–Crippen LogP) is 7.92. The number of aliphatic hydroxyl groups excluding tert-OH is 2. The molecule has 5 N–H and O–H groups in total. The van der Waals surface area contributed by atoms with Crippen molar-refractivity contribution in [2.45, 2.75) is 134 Å². The number of aliphatic hydroxyl groups is 2. The van der Waals surface area contributed by atoms with Gasteiger partial charge in [0, 0.05) is 19.2 Å². The van der Waals surface area contributed by atoms with Gasteiger partial charge in [-0.1, -0.05) is 115 Å². The third kappa shape index (κ3) is 16.7. The van der Waals surface area contributed by atoms with Crippen molar-refractivity contribution in [3.8, 4) is 6.26 Å². The largest absolute Gasteiger partial charge is 0.472 e. The fourth-order valence-corrected chi connectivity index (χ4v) is 7.42. The molecule has 0 saturated carbocycles. The summed E-state index contributed by atoms with van der Waals surface area (Å²) in [5.74, 6) is -1.15. The first-order chi connectivity index (χ1) is 27.9. The number of nitrogen functional groups attached to an aromatic ring is 1. The number of unbranched alkanes of at least 4 members (excludes halogenated alkanes) is 15. The normalized spacial score (nSPS) is 14.7. The zero-order valence-corrected chi connectivity index (χ0v) is 35.4. The minimum atomic E-state index is -4.92. The Hall–Kier alpha value is -3.39. The van der Waals surface area contributed by atoms with Crippen LogP contribution < -0.4 is 5.73 Å². The van der Waals surface area contributed by atoms with Crippen LogP contribution in [0.2, 0.25) is 5.02 Å². The second-order valence-corrected chi connectivity index (χ2v) is 16.4. The standard InChI is InChI=1S/C40H61ClFN6O9P/c1-3-4-5-6-7-8-9-10-11-12-13-14-15-16-17-18-23-54-25-31(47(2)40(51)30-19-20-33(42)32(41)24-30)26-56-58(52,53)57-27-36(55-28-43)38(50)37(49)34-21-22-35-39(44)45-29-46-48(34)35/h19-22,24,29,31,36-38,49-50H,3-18,23,25-27H2,1-2H3,(H,52,53)(H2,44,45,46)/t31-,36-,37+,38-/m1/s1. The summed E-state index contributed by atoms with van der Waals surface area (Å²) in [4.78, 5) is 29.0. The van der Waals surface area contributed by atoms with E-state index in [4.69, 9.17) is 35.9 Å². The van der Waals surface area contributed by atoms with Crippen LogP contribution in [0.1, 0.15) is 132 Å². The van der Waals surface area contributed by atoms with Crippen molar-refractivity contribution in [2.24, 2.45) is 0 Å². The molecule has 1 unspecified atom stereocenters. The number of rotatable bonds is 31. The quantitative estimate of drug-likeness (QED) is 0.0275. The van der Waals surface area contributed by atoms with E-state index in [1.165, 1.54) is 124 Å². The summed E-state index contributed by atoms with van der Waals surface area (Å²) >= 11 is 5.91. The monoisotopic (exact) mass is 854 g/mol. The lowest BCUT2D eigenvalue weighted by molar-refractivity contribution is -0.0799. The van der Waals surface area contributed by atoms with Crippen LogP contribution in [0.5, 0.6) is 0 Å². The number of benzene rings is 1. The zero-order chi connectivity index (χ0) is 42.3. The highest BCUT2D eigenvalue weighted by atomic mass is 35.5. The zero-order valence-electron chi connectivity index (χ0n) is 33.7. The van der Waals surface area contributed by atoms with Crippen molar-refractivity contribution in [3.63, 3.8) is 0 Å². The summed E-state index contributed by atoms with van der Waals surface area (Å²) in [7, 11) is -3.49. The van der Waals surface area contributed by atoms with Crippen molar-refractivity contribution in [2.75, 3.05) is 39.2 Å². The molecule has 0 aliphatic carbocycles. The van der Waals surface area contributed by atoms with Crippen LogP contribution in [0, 0.1) is 17.3 Å². The van der Waals surface area contributed by atoms with Crippen LogP contribution in [0.3, 0.4) is 0 Å². The summed E-state index contributed by atoms with van der Waals surface area (Å²) in [6, 6.07) is 5.55. The van der Waals surface area contributed by atoms with Crippen molar-refractivity contribution in [1.82, 2.24) is 19.5 Å². The van der Waals surface area contributed by atoms with E-state index in [1.807, 2.05) is 0 Å². The molecule has 58 heavy (non-hydrogen) atoms. The van der Waals surface area contributed by atoms with E-state index in [-0.39, 0.29) is 28.7 Å². The molecule has 5 atom stereocenters. The number of amides is 1. The Labute approximate surface area is 346 Å². The number of likely N-dealkylation sites (N-methyl/N-ethyl adjacent to an activating group) is 1. The first-order valence-corrected chi connectivity index (χ1v) is 22.2. The summed E-state index contributed by atoms with van der Waals surface area (Å²) in [5, 5.41) is 34.7. The van der Waals surface area contributed by atoms with Crippen molar-refractivity contribution >= 4 is 36.7 Å². The number of carbonyl (C=O) groups is 1. The minimum Gasteiger partial charge on any atom is -0.419 e. The van der Waals surface area contributed by atoms with E-state index in [9.17, 15) is 34.1 Å². The molecule has 2 heterocycles. The number of hydrogen-bond donors (Lipinski definition) is 4. The summed E-state index contributed by atoms with van der Waals surface area (Å²) < 4.78 is 49.2. The maximum atomic E-state index is 13.8. The lowest BCUT2D eigenvalue weighted by Gasteiger charge is -2.29. The molecule has 0 bridgehead atoms. The number of phosphoric acid groups is 1. The summed E-state index contributed by atoms with van der Waals surface area (Å²) in [5.41, 5.74) is 6.34. The molecular weight excluding hydrogens is 794 g/mol. The van der Waals surface area contributed by atoms with Crippen molar-refractivity contribution in [1.29, 1.82) is 5.26 Å². The first-order valence-electron chi connectivity index (χ1n) is 20.3. The fraction of sp³-hybridized carbons (Fsp3) is 0.650. The molecule has 18 heteroatoms. The van der Waals surface area contributed by atoms with Crippen LogP contribution in [0.15, 0.2) is 36.7 Å². The van der Waals surface area contributed by atoms with Crippen LogP contribution in [-0.2, 0) is 23.1 Å². The molecule has 0 aliphatic rings. The highest BCUT2D eigenvalue weighted by Gasteiger charge is 2.35. The molecule has 3 rings (SSSR count). The lowest BCUT2D eigenvalue weighted by Crippen LogP contribution is -2.43. The van der Waals surface area contributed by atoms with Gasteiger partial charge in [0.1, 0.15) is 29.9 Å². The Morgan fingerprint density at radius 3 is 2.12 bits per heavy atom. The SMILES string of the molecule is CCCCCCCCCCCCCCCCCCOC[C@H](COP(=O)(O)OC[C@@H](OC#N)[C@@H](O)[C@@H](O)c1ccc2c(N)ncnn12)N(C)C(=O)c1ccc(F)c(Cl)c1. The fourth-order valence-electron chi connectivity index (χ4n) is 6.47. The predicted molar refractivity (Wildman–Crippen MR) is 218 cm³/mol. The number of aromatic nitrogens is 3. The van der Waals surface area contributed by atoms with Gasteiger partial charge in [-0.2, -0.15) is 10.4 Å². The van der Waals surface area contributed by atoms with Crippen LogP contribution in [-0.4, -0.2) is 92.2 Å². The summed E-state index contributed by atoms with van der Waals surface area (Å²) in [6.07, 6.45) is 17.2. The van der Waals surface area contributed by atoms with E-state index >= 15 is 0 Å². The molecule has 0 saturated heterocycles. The van der Waals surface area contributed by atoms with Gasteiger partial charge in [-0.15, -0.1) is 0 Å². The topological polar surface area (TPSA) is 215 Å². The van der Waals surface area contributed by atoms with Gasteiger partial charge in [0.2, 0.25) is 0 Å². The maximum absolute atomic E-state index is 13.8. The van der Waals surface area contributed by atoms with Crippen LogP contribution in [0.25, 0.3) is 5.52 Å². The maximum Gasteiger partial charge on any atom is 0.472 e.